The van der Waals surface area contributed by atoms with Crippen molar-refractivity contribution in [1.29, 1.82) is 0 Å². The minimum Gasteiger partial charge on any atom is -0.466 e. The molecule has 3 atom stereocenters. The number of hydrogen-bond donors (Lipinski definition) is 0. The second kappa shape index (κ2) is 9.02. The number of likely N-dealkylation sites (tertiary alicyclic amines) is 1. The number of carbonyl (C=O) groups is 2. The van der Waals surface area contributed by atoms with Crippen LogP contribution in [-0.4, -0.2) is 73.7 Å². The number of rotatable bonds is 4. The van der Waals surface area contributed by atoms with Gasteiger partial charge in [0.05, 0.1) is 25.2 Å². The zero-order valence-electron chi connectivity index (χ0n) is 17.6. The molecule has 1 aliphatic carbocycles. The molecule has 2 saturated heterocycles. The summed E-state index contributed by atoms with van der Waals surface area (Å²) in [6.45, 7) is 6.58. The summed E-state index contributed by atoms with van der Waals surface area (Å²) >= 11 is 0. The molecule has 1 saturated carbocycles. The molecule has 7 heteroatoms. The second-order valence-corrected chi connectivity index (χ2v) is 8.67. The molecule has 0 spiro atoms. The highest BCUT2D eigenvalue weighted by Gasteiger charge is 2.54. The van der Waals surface area contributed by atoms with Gasteiger partial charge in [-0.25, -0.2) is 4.39 Å². The van der Waals surface area contributed by atoms with Crippen LogP contribution in [0.2, 0.25) is 0 Å². The van der Waals surface area contributed by atoms with Gasteiger partial charge in [-0.1, -0.05) is 0 Å². The largest absolute Gasteiger partial charge is 0.466 e. The van der Waals surface area contributed by atoms with Crippen LogP contribution < -0.4 is 0 Å². The van der Waals surface area contributed by atoms with Crippen LogP contribution in [-0.2, 0) is 14.3 Å². The summed E-state index contributed by atoms with van der Waals surface area (Å²) < 4.78 is 24.3. The normalized spacial score (nSPS) is 29.9. The van der Waals surface area contributed by atoms with Crippen molar-refractivity contribution in [3.63, 3.8) is 0 Å². The van der Waals surface area contributed by atoms with E-state index in [0.717, 1.165) is 52.0 Å². The van der Waals surface area contributed by atoms with E-state index < -0.39 is 5.41 Å². The van der Waals surface area contributed by atoms with E-state index in [1.54, 1.807) is 4.90 Å². The van der Waals surface area contributed by atoms with Crippen molar-refractivity contribution in [3.05, 3.63) is 35.6 Å². The SMILES string of the molecule is CCOC(=O)[C@@]12CC[C@H](N3CCOCC3)C[C@H]1CCN(C(=O)c1ccc(F)cc1)C2. The van der Waals surface area contributed by atoms with Gasteiger partial charge < -0.3 is 14.4 Å². The summed E-state index contributed by atoms with van der Waals surface area (Å²) in [5.41, 5.74) is -0.192. The van der Waals surface area contributed by atoms with E-state index in [4.69, 9.17) is 9.47 Å². The van der Waals surface area contributed by atoms with Crippen molar-refractivity contribution in [2.45, 2.75) is 38.6 Å². The van der Waals surface area contributed by atoms with Gasteiger partial charge >= 0.3 is 5.97 Å². The van der Waals surface area contributed by atoms with Gasteiger partial charge in [-0.3, -0.25) is 14.5 Å². The zero-order chi connectivity index (χ0) is 21.1. The van der Waals surface area contributed by atoms with Crippen LogP contribution in [0, 0.1) is 17.2 Å². The van der Waals surface area contributed by atoms with Crippen LogP contribution in [0.3, 0.4) is 0 Å². The smallest absolute Gasteiger partial charge is 0.314 e. The molecule has 1 aromatic rings. The van der Waals surface area contributed by atoms with Gasteiger partial charge in [-0.05, 0) is 62.8 Å². The van der Waals surface area contributed by atoms with Gasteiger partial charge in [0.2, 0.25) is 0 Å². The number of benzene rings is 1. The van der Waals surface area contributed by atoms with E-state index in [2.05, 4.69) is 4.90 Å². The molecule has 4 rings (SSSR count). The fourth-order valence-electron chi connectivity index (χ4n) is 5.46. The Morgan fingerprint density at radius 1 is 1.17 bits per heavy atom. The highest BCUT2D eigenvalue weighted by atomic mass is 19.1. The number of fused-ring (bicyclic) bond motifs is 1. The first kappa shape index (κ1) is 21.2. The van der Waals surface area contributed by atoms with Crippen LogP contribution in [0.25, 0.3) is 0 Å². The number of morpholine rings is 1. The van der Waals surface area contributed by atoms with Crippen molar-refractivity contribution in [2.75, 3.05) is 46.0 Å². The summed E-state index contributed by atoms with van der Waals surface area (Å²) in [6.07, 6.45) is 3.39. The van der Waals surface area contributed by atoms with Crippen LogP contribution in [0.4, 0.5) is 4.39 Å². The number of carbonyl (C=O) groups excluding carboxylic acids is 2. The summed E-state index contributed by atoms with van der Waals surface area (Å²) in [5, 5.41) is 0. The molecular weight excluding hydrogens is 387 g/mol. The number of amides is 1. The van der Waals surface area contributed by atoms with E-state index >= 15 is 0 Å². The summed E-state index contributed by atoms with van der Waals surface area (Å²) in [7, 11) is 0. The summed E-state index contributed by atoms with van der Waals surface area (Å²) in [4.78, 5) is 30.4. The highest BCUT2D eigenvalue weighted by Crippen LogP contribution is 2.48. The lowest BCUT2D eigenvalue weighted by atomic mass is 9.61. The van der Waals surface area contributed by atoms with Crippen molar-refractivity contribution in [2.24, 2.45) is 11.3 Å². The number of nitrogens with zero attached hydrogens (tertiary/aromatic N) is 2. The maximum atomic E-state index is 13.3. The molecule has 2 aliphatic heterocycles. The molecular formula is C23H31FN2O4. The molecule has 1 amide bonds. The molecule has 0 aromatic heterocycles. The first-order valence-electron chi connectivity index (χ1n) is 11.1. The van der Waals surface area contributed by atoms with Gasteiger partial charge in [-0.2, -0.15) is 0 Å². The predicted molar refractivity (Wildman–Crippen MR) is 110 cm³/mol. The van der Waals surface area contributed by atoms with Gasteiger partial charge in [0.25, 0.3) is 5.91 Å². The number of esters is 1. The Kier molecular flexibility index (Phi) is 6.39. The first-order chi connectivity index (χ1) is 14.5. The van der Waals surface area contributed by atoms with Crippen molar-refractivity contribution in [1.82, 2.24) is 9.80 Å². The molecule has 0 radical (unpaired) electrons. The minimum atomic E-state index is -0.646. The lowest BCUT2D eigenvalue weighted by molar-refractivity contribution is -0.168. The molecule has 164 valence electrons. The minimum absolute atomic E-state index is 0.146. The van der Waals surface area contributed by atoms with E-state index in [0.29, 0.717) is 31.3 Å². The lowest BCUT2D eigenvalue weighted by Crippen LogP contribution is -2.59. The Bertz CT molecular complexity index is 765. The van der Waals surface area contributed by atoms with Crippen molar-refractivity contribution in [3.8, 4) is 0 Å². The molecule has 3 fully saturated rings. The quantitative estimate of drug-likeness (QED) is 0.704. The molecule has 6 nitrogen and oxygen atoms in total. The molecule has 1 aromatic carbocycles. The number of ether oxygens (including phenoxy) is 2. The van der Waals surface area contributed by atoms with Gasteiger partial charge in [0.1, 0.15) is 5.82 Å². The third kappa shape index (κ3) is 4.10. The van der Waals surface area contributed by atoms with Gasteiger partial charge in [-0.15, -0.1) is 0 Å². The number of halogens is 1. The van der Waals surface area contributed by atoms with Gasteiger partial charge in [0.15, 0.2) is 0 Å². The Labute approximate surface area is 177 Å². The third-order valence-corrected chi connectivity index (χ3v) is 7.10. The Hall–Kier alpha value is -1.99. The maximum Gasteiger partial charge on any atom is 0.314 e. The molecule has 3 aliphatic rings. The zero-order valence-corrected chi connectivity index (χ0v) is 17.6. The average molecular weight is 419 g/mol. The van der Waals surface area contributed by atoms with Gasteiger partial charge in [0, 0.05) is 37.8 Å². The van der Waals surface area contributed by atoms with Crippen LogP contribution in [0.1, 0.15) is 43.0 Å². The van der Waals surface area contributed by atoms with E-state index in [1.807, 2.05) is 6.92 Å². The molecule has 0 bridgehead atoms. The van der Waals surface area contributed by atoms with E-state index in [-0.39, 0.29) is 23.6 Å². The average Bonchev–Trinajstić information content (AvgIpc) is 2.79. The van der Waals surface area contributed by atoms with Crippen molar-refractivity contribution >= 4 is 11.9 Å². The lowest BCUT2D eigenvalue weighted by Gasteiger charge is -2.52. The van der Waals surface area contributed by atoms with Crippen LogP contribution >= 0.6 is 0 Å². The molecule has 0 N–H and O–H groups in total. The summed E-state index contributed by atoms with van der Waals surface area (Å²) in [5.74, 6) is -0.482. The second-order valence-electron chi connectivity index (χ2n) is 8.67. The number of hydrogen-bond acceptors (Lipinski definition) is 5. The monoisotopic (exact) mass is 418 g/mol. The Morgan fingerprint density at radius 2 is 1.90 bits per heavy atom. The third-order valence-electron chi connectivity index (χ3n) is 7.10. The fraction of sp³-hybridized carbons (Fsp3) is 0.652. The Balaban J connectivity index is 1.52. The van der Waals surface area contributed by atoms with Crippen LogP contribution in [0.15, 0.2) is 24.3 Å². The highest BCUT2D eigenvalue weighted by molar-refractivity contribution is 5.94. The number of piperidine rings is 1. The van der Waals surface area contributed by atoms with Crippen molar-refractivity contribution < 1.29 is 23.5 Å². The molecule has 0 unspecified atom stereocenters. The van der Waals surface area contributed by atoms with E-state index in [9.17, 15) is 14.0 Å². The first-order valence-corrected chi connectivity index (χ1v) is 11.1. The Morgan fingerprint density at radius 3 is 2.60 bits per heavy atom. The maximum absolute atomic E-state index is 13.3. The molecule has 2 heterocycles. The molecule has 30 heavy (non-hydrogen) atoms. The summed E-state index contributed by atoms with van der Waals surface area (Å²) in [6, 6.07) is 6.08. The topological polar surface area (TPSA) is 59.1 Å². The van der Waals surface area contributed by atoms with E-state index in [1.165, 1.54) is 24.3 Å². The standard InChI is InChI=1S/C23H31FN2O4/c1-2-30-22(28)23-9-7-20(25-11-13-29-14-12-25)15-18(23)8-10-26(16-23)21(27)17-3-5-19(24)6-4-17/h3-6,18,20H,2,7-16H2,1H3/t18-,20+,23-/m1/s1. The predicted octanol–water partition coefficient (Wildman–Crippen LogP) is 2.72. The van der Waals surface area contributed by atoms with Crippen LogP contribution in [0.5, 0.6) is 0 Å². The fourth-order valence-corrected chi connectivity index (χ4v) is 5.46.